The second-order valence-corrected chi connectivity index (χ2v) is 8.46. The highest BCUT2D eigenvalue weighted by molar-refractivity contribution is 8.00. The molecule has 0 aliphatic heterocycles. The Hall–Kier alpha value is -0.760. The van der Waals surface area contributed by atoms with Gasteiger partial charge in [-0.3, -0.25) is 8.74 Å². The largest absolute Gasteiger partial charge is 0.744 e. The summed E-state index contributed by atoms with van der Waals surface area (Å²) in [5, 5.41) is 0. The first-order valence-electron chi connectivity index (χ1n) is 5.45. The minimum absolute atomic E-state index is 0.180. The Kier molecular flexibility index (Phi) is 6.32. The van der Waals surface area contributed by atoms with Crippen LogP contribution in [0, 0.1) is 0 Å². The quantitative estimate of drug-likeness (QED) is 0.465. The lowest BCUT2D eigenvalue weighted by Gasteiger charge is -2.04. The van der Waals surface area contributed by atoms with Crippen molar-refractivity contribution in [2.24, 2.45) is 7.05 Å². The lowest BCUT2D eigenvalue weighted by molar-refractivity contribution is -0.676. The van der Waals surface area contributed by atoms with Crippen LogP contribution in [0.5, 0.6) is 0 Å². The van der Waals surface area contributed by atoms with Crippen molar-refractivity contribution in [3.63, 3.8) is 0 Å². The van der Waals surface area contributed by atoms with Crippen LogP contribution in [0.1, 0.15) is 0 Å². The molecular weight excluding hydrogens is 374 g/mol. The lowest BCUT2D eigenvalue weighted by Crippen LogP contribution is -2.28. The minimum atomic E-state index is -4.37. The molecular formula is C10H13NO7S4. The summed E-state index contributed by atoms with van der Waals surface area (Å²) in [5.74, 6) is 0. The minimum Gasteiger partial charge on any atom is -0.744 e. The number of nitrogens with zero attached hydrogens (tertiary/aromatic N) is 1. The molecule has 2 rings (SSSR count). The van der Waals surface area contributed by atoms with Crippen molar-refractivity contribution in [1.82, 2.24) is 0 Å². The first-order valence-corrected chi connectivity index (χ1v) is 10.3. The second-order valence-electron chi connectivity index (χ2n) is 3.81. The summed E-state index contributed by atoms with van der Waals surface area (Å²) < 4.78 is 66.3. The highest BCUT2D eigenvalue weighted by Gasteiger charge is 2.17. The summed E-state index contributed by atoms with van der Waals surface area (Å²) in [7, 11) is -5.81. The van der Waals surface area contributed by atoms with Crippen LogP contribution in [0.15, 0.2) is 27.4 Å². The maximum atomic E-state index is 10.9. The van der Waals surface area contributed by atoms with Gasteiger partial charge in [-0.05, 0) is 30.2 Å². The van der Waals surface area contributed by atoms with Crippen molar-refractivity contribution < 1.29 is 34.7 Å². The first kappa shape index (κ1) is 19.3. The van der Waals surface area contributed by atoms with Gasteiger partial charge in [-0.2, -0.15) is 13.0 Å². The zero-order chi connectivity index (χ0) is 17.1. The van der Waals surface area contributed by atoms with E-state index >= 15 is 0 Å². The van der Waals surface area contributed by atoms with Crippen LogP contribution in [-0.2, 0) is 31.7 Å². The van der Waals surface area contributed by atoms with Gasteiger partial charge in [0.15, 0.2) is 0 Å². The van der Waals surface area contributed by atoms with Gasteiger partial charge in [-0.15, -0.1) is 0 Å². The molecule has 0 amide bonds. The van der Waals surface area contributed by atoms with E-state index in [-0.39, 0.29) is 4.90 Å². The van der Waals surface area contributed by atoms with Crippen molar-refractivity contribution in [2.75, 3.05) is 13.4 Å². The zero-order valence-corrected chi connectivity index (χ0v) is 15.0. The molecule has 1 heterocycles. The average molecular weight is 387 g/mol. The molecule has 12 heteroatoms. The molecule has 0 spiro atoms. The summed E-state index contributed by atoms with van der Waals surface area (Å²) in [4.78, 5) is -0.180. The molecule has 0 unspecified atom stereocenters. The molecule has 22 heavy (non-hydrogen) atoms. The normalized spacial score (nSPS) is 12.0. The first-order chi connectivity index (χ1) is 9.99. The fraction of sp³-hybridized carbons (Fsp3) is 0.300. The van der Waals surface area contributed by atoms with Crippen molar-refractivity contribution in [1.29, 1.82) is 0 Å². The van der Waals surface area contributed by atoms with Crippen LogP contribution < -0.4 is 4.57 Å². The summed E-state index contributed by atoms with van der Waals surface area (Å²) in [6, 6.07) is 4.45. The number of benzene rings is 1. The van der Waals surface area contributed by atoms with Crippen molar-refractivity contribution in [3.8, 4) is 0 Å². The fourth-order valence-corrected chi connectivity index (χ4v) is 3.77. The summed E-state index contributed by atoms with van der Waals surface area (Å²) >= 11 is 3.16. The van der Waals surface area contributed by atoms with E-state index in [2.05, 4.69) is 4.18 Å². The van der Waals surface area contributed by atoms with Gasteiger partial charge < -0.3 is 4.55 Å². The van der Waals surface area contributed by atoms with Crippen molar-refractivity contribution in [3.05, 3.63) is 18.2 Å². The van der Waals surface area contributed by atoms with Gasteiger partial charge in [0, 0.05) is 6.07 Å². The summed E-state index contributed by atoms with van der Waals surface area (Å²) in [5.41, 5.74) is 0.770. The molecule has 0 bridgehead atoms. The van der Waals surface area contributed by atoms with Crippen LogP contribution in [0.25, 0.3) is 10.2 Å². The molecule has 124 valence electrons. The Morgan fingerprint density at radius 3 is 2.27 bits per heavy atom. The van der Waals surface area contributed by atoms with E-state index in [1.54, 1.807) is 29.2 Å². The van der Waals surface area contributed by atoms with E-state index in [1.165, 1.54) is 12.1 Å². The predicted octanol–water partition coefficient (Wildman–Crippen LogP) is 0.787. The molecule has 0 aliphatic rings. The van der Waals surface area contributed by atoms with Crippen LogP contribution in [0.2, 0.25) is 0 Å². The third-order valence-corrected chi connectivity index (χ3v) is 6.08. The van der Waals surface area contributed by atoms with Crippen LogP contribution in [0.4, 0.5) is 0 Å². The number of rotatable bonds is 3. The summed E-state index contributed by atoms with van der Waals surface area (Å²) in [6.07, 6.45) is 1.95. The molecule has 0 aliphatic carbocycles. The average Bonchev–Trinajstić information content (AvgIpc) is 2.74. The van der Waals surface area contributed by atoms with Gasteiger partial charge >= 0.3 is 10.4 Å². The summed E-state index contributed by atoms with van der Waals surface area (Å²) in [6.45, 7) is 0. The molecule has 0 saturated carbocycles. The van der Waals surface area contributed by atoms with Crippen molar-refractivity contribution in [2.45, 2.75) is 9.24 Å². The van der Waals surface area contributed by atoms with E-state index in [1.807, 2.05) is 17.9 Å². The standard InChI is InChI=1S/C9H9NO3S3.CH4O4S/c1-10-7-5-6(16(11,12)13)3-4-8(7)15-9(10)14-2;1-5-6(2,3)4/h3-5H,1-2H3;1H3,(H,2,3,4). The molecule has 2 aromatic rings. The van der Waals surface area contributed by atoms with Crippen LogP contribution in [0.3, 0.4) is 0 Å². The molecule has 0 atom stereocenters. The molecule has 1 N–H and O–H groups in total. The molecule has 1 aromatic heterocycles. The second kappa shape index (κ2) is 7.21. The number of fused-ring (bicyclic) bond motifs is 1. The third kappa shape index (κ3) is 5.15. The zero-order valence-electron chi connectivity index (χ0n) is 11.7. The predicted molar refractivity (Wildman–Crippen MR) is 81.3 cm³/mol. The molecule has 0 saturated heterocycles. The topological polar surface area (TPSA) is 125 Å². The SMILES string of the molecule is COS(=O)(=O)O.CSc1sc2ccc(S(=O)(=O)[O-])cc2[n+]1C. The van der Waals surface area contributed by atoms with E-state index in [9.17, 15) is 21.4 Å². The van der Waals surface area contributed by atoms with Crippen molar-refractivity contribution >= 4 is 53.8 Å². The number of aromatic nitrogens is 1. The van der Waals surface area contributed by atoms with Gasteiger partial charge in [0.05, 0.1) is 12.0 Å². The highest BCUT2D eigenvalue weighted by Crippen LogP contribution is 2.27. The van der Waals surface area contributed by atoms with Crippen LogP contribution in [-0.4, -0.2) is 39.3 Å². The third-order valence-electron chi connectivity index (χ3n) is 2.44. The maximum absolute atomic E-state index is 10.9. The van der Waals surface area contributed by atoms with E-state index in [0.717, 1.165) is 21.7 Å². The van der Waals surface area contributed by atoms with E-state index < -0.39 is 20.5 Å². The Balaban J connectivity index is 0.000000346. The number of thioether (sulfide) groups is 1. The Labute approximate surface area is 136 Å². The number of aryl methyl sites for hydroxylation is 1. The monoisotopic (exact) mass is 387 g/mol. The van der Waals surface area contributed by atoms with Gasteiger partial charge in [0.1, 0.15) is 21.9 Å². The fourth-order valence-electron chi connectivity index (χ4n) is 1.44. The number of hydrogen-bond donors (Lipinski definition) is 1. The van der Waals surface area contributed by atoms with E-state index in [4.69, 9.17) is 4.55 Å². The Morgan fingerprint density at radius 1 is 1.32 bits per heavy atom. The number of hydrogen-bond acceptors (Lipinski definition) is 8. The Bertz CT molecular complexity index is 870. The lowest BCUT2D eigenvalue weighted by atomic mass is 10.3. The maximum Gasteiger partial charge on any atom is 0.397 e. The van der Waals surface area contributed by atoms with Gasteiger partial charge in [-0.25, -0.2) is 8.42 Å². The van der Waals surface area contributed by atoms with Gasteiger partial charge in [0.25, 0.3) is 4.34 Å². The van der Waals surface area contributed by atoms with Crippen LogP contribution >= 0.6 is 23.1 Å². The smallest absolute Gasteiger partial charge is 0.397 e. The molecule has 0 radical (unpaired) electrons. The van der Waals surface area contributed by atoms with Gasteiger partial charge in [0.2, 0.25) is 5.52 Å². The molecule has 1 aromatic carbocycles. The van der Waals surface area contributed by atoms with E-state index in [0.29, 0.717) is 0 Å². The molecule has 8 nitrogen and oxygen atoms in total. The highest BCUT2D eigenvalue weighted by atomic mass is 32.3. The van der Waals surface area contributed by atoms with Gasteiger partial charge in [-0.1, -0.05) is 11.3 Å². The number of thiazole rings is 1. The molecule has 0 fully saturated rings. The Morgan fingerprint density at radius 2 is 1.86 bits per heavy atom.